The largest absolute Gasteiger partial charge is 0.368 e. The monoisotopic (exact) mass is 265 g/mol. The van der Waals surface area contributed by atoms with E-state index in [9.17, 15) is 10.1 Å². The minimum Gasteiger partial charge on any atom is -0.368 e. The summed E-state index contributed by atoms with van der Waals surface area (Å²) >= 11 is 0. The first kappa shape index (κ1) is 13.5. The molecule has 0 radical (unpaired) electrons. The summed E-state index contributed by atoms with van der Waals surface area (Å²) in [5.41, 5.74) is 5.40. The fourth-order valence-electron chi connectivity index (χ4n) is 2.69. The van der Waals surface area contributed by atoms with Crippen LogP contribution in [0.3, 0.4) is 0 Å². The van der Waals surface area contributed by atoms with Gasteiger partial charge in [0.1, 0.15) is 6.20 Å². The highest BCUT2D eigenvalue weighted by Crippen LogP contribution is 2.31. The van der Waals surface area contributed by atoms with Crippen LogP contribution in [-0.4, -0.2) is 20.9 Å². The van der Waals surface area contributed by atoms with Crippen LogP contribution in [0.25, 0.3) is 0 Å². The predicted octanol–water partition coefficient (Wildman–Crippen LogP) is 2.35. The molecule has 1 saturated carbocycles. The highest BCUT2D eigenvalue weighted by molar-refractivity contribution is 5.56. The molecule has 2 rings (SSSR count). The van der Waals surface area contributed by atoms with Crippen molar-refractivity contribution < 1.29 is 4.92 Å². The second kappa shape index (κ2) is 5.81. The number of hydrogen-bond donors (Lipinski definition) is 2. The van der Waals surface area contributed by atoms with Crippen molar-refractivity contribution in [2.24, 2.45) is 5.92 Å². The molecule has 0 aromatic carbocycles. The maximum Gasteiger partial charge on any atom is 0.329 e. The minimum absolute atomic E-state index is 0.0527. The van der Waals surface area contributed by atoms with E-state index in [1.54, 1.807) is 0 Å². The van der Waals surface area contributed by atoms with E-state index in [2.05, 4.69) is 22.2 Å². The van der Waals surface area contributed by atoms with Crippen molar-refractivity contribution in [3.05, 3.63) is 16.3 Å². The summed E-state index contributed by atoms with van der Waals surface area (Å²) in [6.07, 6.45) is 6.76. The van der Waals surface area contributed by atoms with Gasteiger partial charge in [0.15, 0.2) is 0 Å². The average Bonchev–Trinajstić information content (AvgIpc) is 2.39. The van der Waals surface area contributed by atoms with Crippen LogP contribution in [0.4, 0.5) is 17.5 Å². The molecule has 1 aliphatic rings. The lowest BCUT2D eigenvalue weighted by Gasteiger charge is -2.31. The van der Waals surface area contributed by atoms with E-state index in [4.69, 9.17) is 5.73 Å². The molecule has 3 N–H and O–H groups in total. The quantitative estimate of drug-likeness (QED) is 0.639. The Balaban J connectivity index is 2.21. The van der Waals surface area contributed by atoms with Crippen LogP contribution in [0.1, 0.15) is 39.0 Å². The van der Waals surface area contributed by atoms with Crippen molar-refractivity contribution in [2.75, 3.05) is 11.1 Å². The molecule has 7 heteroatoms. The van der Waals surface area contributed by atoms with E-state index in [1.807, 2.05) is 0 Å². The predicted molar refractivity (Wildman–Crippen MR) is 72.8 cm³/mol. The third-order valence-corrected chi connectivity index (χ3v) is 3.74. The van der Waals surface area contributed by atoms with Gasteiger partial charge in [-0.15, -0.1) is 0 Å². The van der Waals surface area contributed by atoms with Gasteiger partial charge in [0, 0.05) is 6.04 Å². The molecule has 7 nitrogen and oxygen atoms in total. The van der Waals surface area contributed by atoms with Gasteiger partial charge in [-0.1, -0.05) is 26.2 Å². The molecule has 1 aromatic heterocycles. The molecule has 1 aromatic rings. The second-order valence-corrected chi connectivity index (χ2v) is 4.92. The van der Waals surface area contributed by atoms with Gasteiger partial charge in [-0.05, 0) is 18.8 Å². The standard InChI is InChI=1S/C12H19N5O2/c1-2-8-5-3-4-6-9(8)15-11-10(17(18)19)7-14-12(13)16-11/h7-9H,2-6H2,1H3,(H3,13,14,15,16). The molecule has 2 atom stereocenters. The summed E-state index contributed by atoms with van der Waals surface area (Å²) in [5.74, 6) is 0.823. The normalized spacial score (nSPS) is 23.0. The Bertz CT molecular complexity index is 465. The number of nitrogens with zero attached hydrogens (tertiary/aromatic N) is 3. The van der Waals surface area contributed by atoms with Gasteiger partial charge in [0.05, 0.1) is 4.92 Å². The van der Waals surface area contributed by atoms with Gasteiger partial charge >= 0.3 is 5.69 Å². The molecule has 0 bridgehead atoms. The van der Waals surface area contributed by atoms with Gasteiger partial charge in [0.25, 0.3) is 0 Å². The summed E-state index contributed by atoms with van der Waals surface area (Å²) in [6.45, 7) is 2.15. The summed E-state index contributed by atoms with van der Waals surface area (Å²) in [6, 6.07) is 0.228. The number of nitrogen functional groups attached to an aromatic ring is 1. The molecule has 0 spiro atoms. The fourth-order valence-corrected chi connectivity index (χ4v) is 2.69. The van der Waals surface area contributed by atoms with Crippen molar-refractivity contribution in [1.29, 1.82) is 0 Å². The van der Waals surface area contributed by atoms with Crippen LogP contribution in [0.15, 0.2) is 6.20 Å². The Hall–Kier alpha value is -1.92. The second-order valence-electron chi connectivity index (χ2n) is 4.92. The maximum atomic E-state index is 11.0. The molecule has 1 heterocycles. The highest BCUT2D eigenvalue weighted by atomic mass is 16.6. The molecule has 2 unspecified atom stereocenters. The average molecular weight is 265 g/mol. The lowest BCUT2D eigenvalue weighted by Crippen LogP contribution is -2.32. The van der Waals surface area contributed by atoms with Gasteiger partial charge in [-0.25, -0.2) is 4.98 Å². The molecule has 1 fully saturated rings. The first-order valence-electron chi connectivity index (χ1n) is 6.65. The summed E-state index contributed by atoms with van der Waals surface area (Å²) in [4.78, 5) is 18.1. The van der Waals surface area contributed by atoms with E-state index in [0.717, 1.165) is 31.9 Å². The lowest BCUT2D eigenvalue weighted by molar-refractivity contribution is -0.384. The highest BCUT2D eigenvalue weighted by Gasteiger charge is 2.27. The topological polar surface area (TPSA) is 107 Å². The van der Waals surface area contributed by atoms with Crippen LogP contribution >= 0.6 is 0 Å². The smallest absolute Gasteiger partial charge is 0.329 e. The molecule has 0 saturated heterocycles. The third-order valence-electron chi connectivity index (χ3n) is 3.74. The van der Waals surface area contributed by atoms with Crippen LogP contribution in [-0.2, 0) is 0 Å². The summed E-state index contributed by atoms with van der Waals surface area (Å²) in [7, 11) is 0. The molecule has 104 valence electrons. The lowest BCUT2D eigenvalue weighted by atomic mass is 9.83. The number of rotatable bonds is 4. The van der Waals surface area contributed by atoms with Crippen molar-refractivity contribution in [2.45, 2.75) is 45.1 Å². The Labute approximate surface area is 111 Å². The SMILES string of the molecule is CCC1CCCCC1Nc1nc(N)ncc1[N+](=O)[O-]. The van der Waals surface area contributed by atoms with E-state index < -0.39 is 4.92 Å². The van der Waals surface area contributed by atoms with Crippen LogP contribution in [0, 0.1) is 16.0 Å². The Morgan fingerprint density at radius 3 is 2.95 bits per heavy atom. The number of nitro groups is 1. The minimum atomic E-state index is -0.481. The Kier molecular flexibility index (Phi) is 4.13. The van der Waals surface area contributed by atoms with Gasteiger partial charge in [0.2, 0.25) is 11.8 Å². The van der Waals surface area contributed by atoms with Crippen LogP contribution in [0.5, 0.6) is 0 Å². The van der Waals surface area contributed by atoms with E-state index in [0.29, 0.717) is 5.92 Å². The van der Waals surface area contributed by atoms with Crippen molar-refractivity contribution >= 4 is 17.5 Å². The van der Waals surface area contributed by atoms with Crippen molar-refractivity contribution in [1.82, 2.24) is 9.97 Å². The number of nitrogens with two attached hydrogens (primary N) is 1. The third kappa shape index (κ3) is 3.10. The van der Waals surface area contributed by atoms with Crippen molar-refractivity contribution in [3.63, 3.8) is 0 Å². The number of anilines is 2. The molecule has 0 aliphatic heterocycles. The van der Waals surface area contributed by atoms with E-state index in [1.165, 1.54) is 6.42 Å². The first-order valence-corrected chi connectivity index (χ1v) is 6.65. The molecule has 1 aliphatic carbocycles. The van der Waals surface area contributed by atoms with Crippen LogP contribution < -0.4 is 11.1 Å². The number of aromatic nitrogens is 2. The first-order chi connectivity index (χ1) is 9.11. The number of nitrogens with one attached hydrogen (secondary N) is 1. The number of hydrogen-bond acceptors (Lipinski definition) is 6. The van der Waals surface area contributed by atoms with E-state index >= 15 is 0 Å². The molecule has 19 heavy (non-hydrogen) atoms. The van der Waals surface area contributed by atoms with Gasteiger partial charge < -0.3 is 11.1 Å². The molecular formula is C12H19N5O2. The zero-order chi connectivity index (χ0) is 13.8. The Morgan fingerprint density at radius 2 is 2.26 bits per heavy atom. The van der Waals surface area contributed by atoms with E-state index in [-0.39, 0.29) is 23.5 Å². The molecular weight excluding hydrogens is 246 g/mol. The van der Waals surface area contributed by atoms with Gasteiger partial charge in [-0.3, -0.25) is 10.1 Å². The van der Waals surface area contributed by atoms with Crippen LogP contribution in [0.2, 0.25) is 0 Å². The fraction of sp³-hybridized carbons (Fsp3) is 0.667. The Morgan fingerprint density at radius 1 is 1.53 bits per heavy atom. The maximum absolute atomic E-state index is 11.0. The summed E-state index contributed by atoms with van der Waals surface area (Å²) < 4.78 is 0. The van der Waals surface area contributed by atoms with Crippen molar-refractivity contribution in [3.8, 4) is 0 Å². The zero-order valence-electron chi connectivity index (χ0n) is 11.0. The molecule has 0 amide bonds. The zero-order valence-corrected chi connectivity index (χ0v) is 11.0. The van der Waals surface area contributed by atoms with Gasteiger partial charge in [-0.2, -0.15) is 4.98 Å². The summed E-state index contributed by atoms with van der Waals surface area (Å²) in [5, 5.41) is 14.2.